The van der Waals surface area contributed by atoms with E-state index >= 15 is 0 Å². The minimum Gasteiger partial charge on any atom is -0.326 e. The summed E-state index contributed by atoms with van der Waals surface area (Å²) in [7, 11) is 0. The molecule has 2 atom stereocenters. The third kappa shape index (κ3) is 2.88. The zero-order chi connectivity index (χ0) is 14.7. The van der Waals surface area contributed by atoms with Gasteiger partial charge in [0.15, 0.2) is 0 Å². The van der Waals surface area contributed by atoms with Gasteiger partial charge in [-0.15, -0.1) is 0 Å². The van der Waals surface area contributed by atoms with Crippen molar-refractivity contribution in [3.05, 3.63) is 29.6 Å². The number of benzene rings is 1. The highest BCUT2D eigenvalue weighted by molar-refractivity contribution is 5.77. The van der Waals surface area contributed by atoms with Crippen molar-refractivity contribution < 1.29 is 0 Å². The van der Waals surface area contributed by atoms with Crippen LogP contribution in [0.4, 0.5) is 0 Å². The molecule has 0 aliphatic heterocycles. The predicted octanol–water partition coefficient (Wildman–Crippen LogP) is 3.99. The van der Waals surface area contributed by atoms with Crippen LogP contribution in [0, 0.1) is 13.8 Å². The fourth-order valence-corrected chi connectivity index (χ4v) is 2.79. The second-order valence-electron chi connectivity index (χ2n) is 5.79. The van der Waals surface area contributed by atoms with Crippen LogP contribution < -0.4 is 5.32 Å². The van der Waals surface area contributed by atoms with Crippen molar-refractivity contribution in [2.45, 2.75) is 59.5 Å². The molecule has 0 fully saturated rings. The number of fused-ring (bicyclic) bond motifs is 1. The molecule has 0 saturated heterocycles. The third-order valence-electron chi connectivity index (χ3n) is 4.31. The molecule has 0 aliphatic carbocycles. The molecule has 0 spiro atoms. The maximum absolute atomic E-state index is 4.57. The van der Waals surface area contributed by atoms with Crippen LogP contribution in [0.3, 0.4) is 0 Å². The molecule has 1 aromatic carbocycles. The van der Waals surface area contributed by atoms with Crippen molar-refractivity contribution >= 4 is 11.0 Å². The normalized spacial score (nSPS) is 14.7. The first kappa shape index (κ1) is 15.0. The Bertz CT molecular complexity index is 571. The van der Waals surface area contributed by atoms with Gasteiger partial charge in [0.1, 0.15) is 0 Å². The van der Waals surface area contributed by atoms with E-state index in [2.05, 4.69) is 61.6 Å². The average Bonchev–Trinajstić information content (AvgIpc) is 2.82. The molecule has 3 heteroatoms. The van der Waals surface area contributed by atoms with Gasteiger partial charge < -0.3 is 9.88 Å². The summed E-state index contributed by atoms with van der Waals surface area (Å²) in [6.07, 6.45) is 4.29. The monoisotopic (exact) mass is 273 g/mol. The predicted molar refractivity (Wildman–Crippen MR) is 86.3 cm³/mol. The maximum atomic E-state index is 4.57. The molecule has 1 heterocycles. The molecule has 110 valence electrons. The molecule has 1 aromatic heterocycles. The Morgan fingerprint density at radius 3 is 2.55 bits per heavy atom. The van der Waals surface area contributed by atoms with Gasteiger partial charge in [-0.25, -0.2) is 4.98 Å². The van der Waals surface area contributed by atoms with Gasteiger partial charge in [-0.2, -0.15) is 0 Å². The third-order valence-corrected chi connectivity index (χ3v) is 4.31. The molecule has 3 nitrogen and oxygen atoms in total. The lowest BCUT2D eigenvalue weighted by Gasteiger charge is -2.26. The van der Waals surface area contributed by atoms with Crippen LogP contribution in [0.5, 0.6) is 0 Å². The van der Waals surface area contributed by atoms with Crippen molar-refractivity contribution in [1.29, 1.82) is 0 Å². The first-order chi connectivity index (χ1) is 9.58. The Hall–Kier alpha value is -1.35. The standard InChI is InChI=1S/C17H27N3/c1-6-8-18-15(7-2)14(5)20-11-19-16-9-12(3)13(4)10-17(16)20/h9-11,14-15,18H,6-8H2,1-5H3. The van der Waals surface area contributed by atoms with E-state index in [4.69, 9.17) is 0 Å². The lowest BCUT2D eigenvalue weighted by Crippen LogP contribution is -2.36. The molecule has 2 unspecified atom stereocenters. The van der Waals surface area contributed by atoms with Crippen LogP contribution in [0.1, 0.15) is 50.8 Å². The molecule has 1 N–H and O–H groups in total. The van der Waals surface area contributed by atoms with E-state index in [-0.39, 0.29) is 0 Å². The summed E-state index contributed by atoms with van der Waals surface area (Å²) >= 11 is 0. The van der Waals surface area contributed by atoms with Gasteiger partial charge >= 0.3 is 0 Å². The van der Waals surface area contributed by atoms with Crippen molar-refractivity contribution in [1.82, 2.24) is 14.9 Å². The van der Waals surface area contributed by atoms with Gasteiger partial charge in [0.05, 0.1) is 17.4 Å². The summed E-state index contributed by atoms with van der Waals surface area (Å²) in [5.41, 5.74) is 5.00. The van der Waals surface area contributed by atoms with Gasteiger partial charge in [0.2, 0.25) is 0 Å². The van der Waals surface area contributed by atoms with Crippen LogP contribution in [0.25, 0.3) is 11.0 Å². The summed E-state index contributed by atoms with van der Waals surface area (Å²) in [5.74, 6) is 0. The summed E-state index contributed by atoms with van der Waals surface area (Å²) in [4.78, 5) is 4.57. The molecule has 0 radical (unpaired) electrons. The molecule has 0 amide bonds. The summed E-state index contributed by atoms with van der Waals surface area (Å²) < 4.78 is 2.32. The Morgan fingerprint density at radius 1 is 1.20 bits per heavy atom. The lowest BCUT2D eigenvalue weighted by molar-refractivity contribution is 0.367. The smallest absolute Gasteiger partial charge is 0.0961 e. The number of aryl methyl sites for hydroxylation is 2. The van der Waals surface area contributed by atoms with Gasteiger partial charge in [0.25, 0.3) is 0 Å². The average molecular weight is 273 g/mol. The minimum absolute atomic E-state index is 0.415. The Labute approximate surface area is 122 Å². The van der Waals surface area contributed by atoms with Crippen molar-refractivity contribution in [3.63, 3.8) is 0 Å². The van der Waals surface area contributed by atoms with E-state index in [1.165, 1.54) is 23.1 Å². The molecule has 0 aliphatic rings. The number of aromatic nitrogens is 2. The lowest BCUT2D eigenvalue weighted by atomic mass is 10.1. The highest BCUT2D eigenvalue weighted by Crippen LogP contribution is 2.24. The number of nitrogens with one attached hydrogen (secondary N) is 1. The van der Waals surface area contributed by atoms with Crippen LogP contribution in [0.2, 0.25) is 0 Å². The summed E-state index contributed by atoms with van der Waals surface area (Å²) in [6, 6.07) is 5.36. The molecule has 20 heavy (non-hydrogen) atoms. The first-order valence-corrected chi connectivity index (χ1v) is 7.75. The fourth-order valence-electron chi connectivity index (χ4n) is 2.79. The number of nitrogens with zero attached hydrogens (tertiary/aromatic N) is 2. The Balaban J connectivity index is 2.33. The van der Waals surface area contributed by atoms with Gasteiger partial charge in [-0.1, -0.05) is 13.8 Å². The van der Waals surface area contributed by atoms with E-state index in [0.717, 1.165) is 18.5 Å². The van der Waals surface area contributed by atoms with E-state index in [1.807, 2.05) is 6.33 Å². The van der Waals surface area contributed by atoms with E-state index in [9.17, 15) is 0 Å². The van der Waals surface area contributed by atoms with Gasteiger partial charge in [-0.05, 0) is 63.4 Å². The Morgan fingerprint density at radius 2 is 1.90 bits per heavy atom. The zero-order valence-corrected chi connectivity index (χ0v) is 13.4. The second-order valence-corrected chi connectivity index (χ2v) is 5.79. The first-order valence-electron chi connectivity index (χ1n) is 7.75. The summed E-state index contributed by atoms with van der Waals surface area (Å²) in [6.45, 7) is 12.1. The highest BCUT2D eigenvalue weighted by Gasteiger charge is 2.18. The number of hydrogen-bond donors (Lipinski definition) is 1. The minimum atomic E-state index is 0.415. The number of rotatable bonds is 6. The molecular formula is C17H27N3. The van der Waals surface area contributed by atoms with Crippen LogP contribution in [-0.2, 0) is 0 Å². The van der Waals surface area contributed by atoms with Crippen molar-refractivity contribution in [3.8, 4) is 0 Å². The SMILES string of the molecule is CCCNC(CC)C(C)n1cnc2cc(C)c(C)cc21. The van der Waals surface area contributed by atoms with Crippen molar-refractivity contribution in [2.24, 2.45) is 0 Å². The van der Waals surface area contributed by atoms with Crippen LogP contribution in [0.15, 0.2) is 18.5 Å². The van der Waals surface area contributed by atoms with Crippen LogP contribution >= 0.6 is 0 Å². The topological polar surface area (TPSA) is 29.9 Å². The molecular weight excluding hydrogens is 246 g/mol. The van der Waals surface area contributed by atoms with E-state index < -0.39 is 0 Å². The summed E-state index contributed by atoms with van der Waals surface area (Å²) in [5, 5.41) is 3.65. The van der Waals surface area contributed by atoms with Gasteiger partial charge in [-0.3, -0.25) is 0 Å². The molecule has 2 aromatic rings. The molecule has 2 rings (SSSR count). The van der Waals surface area contributed by atoms with Crippen molar-refractivity contribution in [2.75, 3.05) is 6.54 Å². The molecule has 0 saturated carbocycles. The molecule has 0 bridgehead atoms. The Kier molecular flexibility index (Phi) is 4.81. The maximum Gasteiger partial charge on any atom is 0.0961 e. The largest absolute Gasteiger partial charge is 0.326 e. The zero-order valence-electron chi connectivity index (χ0n) is 13.4. The quantitative estimate of drug-likeness (QED) is 0.862. The number of hydrogen-bond acceptors (Lipinski definition) is 2. The fraction of sp³-hybridized carbons (Fsp3) is 0.588. The van der Waals surface area contributed by atoms with Crippen LogP contribution in [-0.4, -0.2) is 22.1 Å². The number of imidazole rings is 1. The van der Waals surface area contributed by atoms with E-state index in [0.29, 0.717) is 12.1 Å². The van der Waals surface area contributed by atoms with Gasteiger partial charge in [0, 0.05) is 12.1 Å². The second kappa shape index (κ2) is 6.40. The highest BCUT2D eigenvalue weighted by atomic mass is 15.1. The van der Waals surface area contributed by atoms with E-state index in [1.54, 1.807) is 0 Å².